The number of rotatable bonds is 3. The summed E-state index contributed by atoms with van der Waals surface area (Å²) in [6, 6.07) is 11.7. The number of hydrogen-bond donors (Lipinski definition) is 1. The summed E-state index contributed by atoms with van der Waals surface area (Å²) >= 11 is 0. The molecular formula is C15H13NO3. The Kier molecular flexibility index (Phi) is 3.61. The van der Waals surface area contributed by atoms with Crippen molar-refractivity contribution in [1.82, 2.24) is 0 Å². The van der Waals surface area contributed by atoms with E-state index in [-0.39, 0.29) is 11.4 Å². The van der Waals surface area contributed by atoms with Gasteiger partial charge in [-0.25, -0.2) is 0 Å². The Hall–Kier alpha value is -2.62. The van der Waals surface area contributed by atoms with Gasteiger partial charge in [0.15, 0.2) is 0 Å². The van der Waals surface area contributed by atoms with Crippen LogP contribution in [0.15, 0.2) is 42.5 Å². The molecule has 0 saturated carbocycles. The van der Waals surface area contributed by atoms with Crippen LogP contribution in [0.3, 0.4) is 0 Å². The Morgan fingerprint density at radius 2 is 1.63 bits per heavy atom. The molecule has 4 heteroatoms. The van der Waals surface area contributed by atoms with Crippen molar-refractivity contribution in [3.63, 3.8) is 0 Å². The first-order valence-electron chi connectivity index (χ1n) is 5.78. The molecule has 2 aromatic rings. The Bertz CT molecular complexity index is 630. The molecule has 0 atom stereocenters. The third-order valence-corrected chi connectivity index (χ3v) is 2.79. The molecule has 0 aliphatic heterocycles. The molecule has 0 amide bonds. The fraction of sp³-hybridized carbons (Fsp3) is 0.0667. The molecule has 2 aromatic carbocycles. The van der Waals surface area contributed by atoms with Gasteiger partial charge in [-0.2, -0.15) is 0 Å². The normalized spacial score (nSPS) is 10.8. The van der Waals surface area contributed by atoms with Gasteiger partial charge >= 0.3 is 0 Å². The number of nitrogens with zero attached hydrogens (tertiary/aromatic N) is 1. The first-order chi connectivity index (χ1) is 9.06. The SMILES string of the molecule is Cc1cc(C=Cc2ccc([N+](=O)[O-])cc2)ccc1O. The van der Waals surface area contributed by atoms with Crippen LogP contribution in [-0.4, -0.2) is 10.0 Å². The van der Waals surface area contributed by atoms with Gasteiger partial charge in [0.25, 0.3) is 5.69 Å². The minimum atomic E-state index is -0.420. The van der Waals surface area contributed by atoms with Gasteiger partial charge in [-0.15, -0.1) is 0 Å². The highest BCUT2D eigenvalue weighted by molar-refractivity contribution is 5.70. The van der Waals surface area contributed by atoms with Crippen molar-refractivity contribution in [2.45, 2.75) is 6.92 Å². The number of phenols is 1. The molecule has 0 bridgehead atoms. The van der Waals surface area contributed by atoms with Gasteiger partial charge in [0.05, 0.1) is 4.92 Å². The van der Waals surface area contributed by atoms with E-state index in [2.05, 4.69) is 0 Å². The number of benzene rings is 2. The first-order valence-corrected chi connectivity index (χ1v) is 5.78. The van der Waals surface area contributed by atoms with E-state index in [1.54, 1.807) is 18.2 Å². The highest BCUT2D eigenvalue weighted by Gasteiger charge is 2.02. The van der Waals surface area contributed by atoms with E-state index >= 15 is 0 Å². The summed E-state index contributed by atoms with van der Waals surface area (Å²) in [6.07, 6.45) is 3.77. The lowest BCUT2D eigenvalue weighted by atomic mass is 10.1. The first kappa shape index (κ1) is 12.8. The van der Waals surface area contributed by atoms with Crippen molar-refractivity contribution in [1.29, 1.82) is 0 Å². The summed E-state index contributed by atoms with van der Waals surface area (Å²) < 4.78 is 0. The minimum Gasteiger partial charge on any atom is -0.508 e. The molecule has 0 radical (unpaired) electrons. The summed E-state index contributed by atoms with van der Waals surface area (Å²) in [5.74, 6) is 0.271. The monoisotopic (exact) mass is 255 g/mol. The predicted octanol–water partition coefficient (Wildman–Crippen LogP) is 3.78. The van der Waals surface area contributed by atoms with Crippen molar-refractivity contribution in [2.75, 3.05) is 0 Å². The maximum atomic E-state index is 10.5. The Morgan fingerprint density at radius 1 is 1.05 bits per heavy atom. The number of aromatic hydroxyl groups is 1. The molecule has 0 spiro atoms. The zero-order valence-electron chi connectivity index (χ0n) is 10.4. The quantitative estimate of drug-likeness (QED) is 0.515. The maximum Gasteiger partial charge on any atom is 0.269 e. The number of phenolic OH excluding ortho intramolecular Hbond substituents is 1. The second kappa shape index (κ2) is 5.35. The van der Waals surface area contributed by atoms with E-state index < -0.39 is 4.92 Å². The summed E-state index contributed by atoms with van der Waals surface area (Å²) in [5.41, 5.74) is 2.74. The topological polar surface area (TPSA) is 63.4 Å². The van der Waals surface area contributed by atoms with Crippen molar-refractivity contribution in [3.05, 3.63) is 69.3 Å². The third-order valence-electron chi connectivity index (χ3n) is 2.79. The number of hydrogen-bond acceptors (Lipinski definition) is 3. The van der Waals surface area contributed by atoms with Gasteiger partial charge in [0.1, 0.15) is 5.75 Å². The zero-order chi connectivity index (χ0) is 13.8. The molecule has 0 saturated heterocycles. The van der Waals surface area contributed by atoms with Crippen molar-refractivity contribution in [3.8, 4) is 5.75 Å². The molecule has 19 heavy (non-hydrogen) atoms. The van der Waals surface area contributed by atoms with Crippen LogP contribution in [0.25, 0.3) is 12.2 Å². The second-order valence-corrected chi connectivity index (χ2v) is 4.23. The Balaban J connectivity index is 2.17. The smallest absolute Gasteiger partial charge is 0.269 e. The molecule has 0 fully saturated rings. The van der Waals surface area contributed by atoms with Crippen molar-refractivity contribution >= 4 is 17.8 Å². The molecule has 0 aliphatic rings. The van der Waals surface area contributed by atoms with E-state index in [1.807, 2.05) is 31.2 Å². The molecule has 2 rings (SSSR count). The molecule has 96 valence electrons. The number of nitro benzene ring substituents is 1. The summed E-state index contributed by atoms with van der Waals surface area (Å²) in [4.78, 5) is 10.1. The summed E-state index contributed by atoms with van der Waals surface area (Å²) in [5, 5.41) is 19.9. The van der Waals surface area contributed by atoms with E-state index in [0.717, 1.165) is 16.7 Å². The molecule has 4 nitrogen and oxygen atoms in total. The number of nitro groups is 1. The second-order valence-electron chi connectivity index (χ2n) is 4.23. The van der Waals surface area contributed by atoms with Crippen LogP contribution in [0.1, 0.15) is 16.7 Å². The van der Waals surface area contributed by atoms with Crippen LogP contribution < -0.4 is 0 Å². The molecule has 0 aliphatic carbocycles. The molecular weight excluding hydrogens is 242 g/mol. The van der Waals surface area contributed by atoms with Crippen molar-refractivity contribution < 1.29 is 10.0 Å². The highest BCUT2D eigenvalue weighted by atomic mass is 16.6. The van der Waals surface area contributed by atoms with E-state index in [4.69, 9.17) is 0 Å². The molecule has 0 aromatic heterocycles. The standard InChI is InChI=1S/C15H13NO3/c1-11-10-13(6-9-15(11)17)3-2-12-4-7-14(8-5-12)16(18)19/h2-10,17H,1H3. The van der Waals surface area contributed by atoms with Gasteiger partial charge in [-0.05, 0) is 47.9 Å². The van der Waals surface area contributed by atoms with Crippen LogP contribution >= 0.6 is 0 Å². The van der Waals surface area contributed by atoms with Crippen LogP contribution in [0.5, 0.6) is 5.75 Å². The molecule has 0 heterocycles. The van der Waals surface area contributed by atoms with E-state index in [1.165, 1.54) is 12.1 Å². The third kappa shape index (κ3) is 3.19. The largest absolute Gasteiger partial charge is 0.508 e. The van der Waals surface area contributed by atoms with Gasteiger partial charge < -0.3 is 5.11 Å². The van der Waals surface area contributed by atoms with E-state index in [0.29, 0.717) is 0 Å². The number of aryl methyl sites for hydroxylation is 1. The summed E-state index contributed by atoms with van der Waals surface area (Å²) in [6.45, 7) is 1.83. The summed E-state index contributed by atoms with van der Waals surface area (Å²) in [7, 11) is 0. The van der Waals surface area contributed by atoms with Gasteiger partial charge in [0, 0.05) is 12.1 Å². The van der Waals surface area contributed by atoms with Crippen LogP contribution in [0.4, 0.5) is 5.69 Å². The molecule has 1 N–H and O–H groups in total. The van der Waals surface area contributed by atoms with E-state index in [9.17, 15) is 15.2 Å². The van der Waals surface area contributed by atoms with Crippen LogP contribution in [0.2, 0.25) is 0 Å². The van der Waals surface area contributed by atoms with Gasteiger partial charge in [0.2, 0.25) is 0 Å². The van der Waals surface area contributed by atoms with Gasteiger partial charge in [-0.1, -0.05) is 18.2 Å². The lowest BCUT2D eigenvalue weighted by molar-refractivity contribution is -0.384. The lowest BCUT2D eigenvalue weighted by Crippen LogP contribution is -1.86. The highest BCUT2D eigenvalue weighted by Crippen LogP contribution is 2.19. The Labute approximate surface area is 110 Å². The van der Waals surface area contributed by atoms with Gasteiger partial charge in [-0.3, -0.25) is 10.1 Å². The predicted molar refractivity (Wildman–Crippen MR) is 74.9 cm³/mol. The van der Waals surface area contributed by atoms with Crippen LogP contribution in [-0.2, 0) is 0 Å². The lowest BCUT2D eigenvalue weighted by Gasteiger charge is -1.99. The Morgan fingerprint density at radius 3 is 2.21 bits per heavy atom. The average Bonchev–Trinajstić information content (AvgIpc) is 2.40. The van der Waals surface area contributed by atoms with Crippen molar-refractivity contribution in [2.24, 2.45) is 0 Å². The fourth-order valence-corrected chi connectivity index (χ4v) is 1.68. The minimum absolute atomic E-state index is 0.0811. The molecule has 0 unspecified atom stereocenters. The zero-order valence-corrected chi connectivity index (χ0v) is 10.4. The van der Waals surface area contributed by atoms with Crippen LogP contribution in [0, 0.1) is 17.0 Å². The average molecular weight is 255 g/mol. The number of non-ortho nitro benzene ring substituents is 1. The maximum absolute atomic E-state index is 10.5. The fourth-order valence-electron chi connectivity index (χ4n) is 1.68.